The van der Waals surface area contributed by atoms with Crippen molar-refractivity contribution >= 4 is 11.9 Å². The van der Waals surface area contributed by atoms with Crippen LogP contribution in [0, 0.1) is 0 Å². The van der Waals surface area contributed by atoms with Gasteiger partial charge in [-0.1, -0.05) is 346 Å². The summed E-state index contributed by atoms with van der Waals surface area (Å²) >= 11 is 0. The molecule has 456 valence electrons. The number of esters is 1. The van der Waals surface area contributed by atoms with E-state index in [-0.39, 0.29) is 18.5 Å². The number of amides is 1. The fraction of sp³-hybridized carbons (Fsp3) is 0.915. The first-order valence-electron chi connectivity index (χ1n) is 35.1. The fourth-order valence-electron chi connectivity index (χ4n) is 11.1. The second-order valence-electron chi connectivity index (χ2n) is 24.2. The van der Waals surface area contributed by atoms with Gasteiger partial charge in [-0.25, -0.2) is 0 Å². The van der Waals surface area contributed by atoms with Crippen LogP contribution in [-0.2, 0) is 14.3 Å². The first-order chi connectivity index (χ1) is 38.0. The molecule has 2 unspecified atom stereocenters. The van der Waals surface area contributed by atoms with Gasteiger partial charge in [0.05, 0.1) is 25.4 Å². The van der Waals surface area contributed by atoms with E-state index < -0.39 is 12.1 Å². The highest BCUT2D eigenvalue weighted by Gasteiger charge is 2.20. The minimum Gasteiger partial charge on any atom is -0.466 e. The van der Waals surface area contributed by atoms with Crippen LogP contribution in [0.5, 0.6) is 0 Å². The molecule has 0 fully saturated rings. The Morgan fingerprint density at radius 1 is 0.364 bits per heavy atom. The summed E-state index contributed by atoms with van der Waals surface area (Å²) in [5, 5.41) is 23.4. The Hall–Kier alpha value is -1.66. The van der Waals surface area contributed by atoms with Crippen molar-refractivity contribution in [3.8, 4) is 0 Å². The number of carbonyl (C=O) groups excluding carboxylic acids is 2. The van der Waals surface area contributed by atoms with Gasteiger partial charge in [0.25, 0.3) is 0 Å². The van der Waals surface area contributed by atoms with E-state index in [1.165, 1.54) is 308 Å². The van der Waals surface area contributed by atoms with Crippen molar-refractivity contribution < 1.29 is 24.5 Å². The van der Waals surface area contributed by atoms with E-state index >= 15 is 0 Å². The van der Waals surface area contributed by atoms with Crippen molar-refractivity contribution in [1.29, 1.82) is 0 Å². The van der Waals surface area contributed by atoms with Crippen LogP contribution < -0.4 is 5.32 Å². The third-order valence-corrected chi connectivity index (χ3v) is 16.5. The third kappa shape index (κ3) is 63.4. The summed E-state index contributed by atoms with van der Waals surface area (Å²) in [6.07, 6.45) is 83.6. The molecule has 0 aliphatic carbocycles. The Morgan fingerprint density at radius 2 is 0.649 bits per heavy atom. The summed E-state index contributed by atoms with van der Waals surface area (Å²) < 4.78 is 5.49. The van der Waals surface area contributed by atoms with E-state index in [9.17, 15) is 19.8 Å². The molecular formula is C71H137NO5. The number of allylic oxidation sites excluding steroid dienone is 4. The lowest BCUT2D eigenvalue weighted by Gasteiger charge is -2.22. The number of ether oxygens (including phenoxy) is 1. The third-order valence-electron chi connectivity index (χ3n) is 16.5. The topological polar surface area (TPSA) is 95.9 Å². The van der Waals surface area contributed by atoms with E-state index in [1.807, 2.05) is 0 Å². The summed E-state index contributed by atoms with van der Waals surface area (Å²) in [4.78, 5) is 24.6. The van der Waals surface area contributed by atoms with Gasteiger partial charge in [-0.3, -0.25) is 9.59 Å². The molecule has 0 heterocycles. The van der Waals surface area contributed by atoms with Crippen molar-refractivity contribution in [3.05, 3.63) is 24.3 Å². The fourth-order valence-corrected chi connectivity index (χ4v) is 11.1. The molecule has 0 aliphatic heterocycles. The molecule has 0 spiro atoms. The van der Waals surface area contributed by atoms with E-state index in [2.05, 4.69) is 43.5 Å². The van der Waals surface area contributed by atoms with Crippen LogP contribution in [0.2, 0.25) is 0 Å². The van der Waals surface area contributed by atoms with Gasteiger partial charge in [0.2, 0.25) is 5.91 Å². The van der Waals surface area contributed by atoms with E-state index in [0.29, 0.717) is 25.9 Å². The van der Waals surface area contributed by atoms with Crippen LogP contribution >= 0.6 is 0 Å². The molecule has 77 heavy (non-hydrogen) atoms. The van der Waals surface area contributed by atoms with Gasteiger partial charge in [0, 0.05) is 12.8 Å². The molecule has 0 bridgehead atoms. The van der Waals surface area contributed by atoms with Crippen molar-refractivity contribution in [2.45, 2.75) is 405 Å². The molecule has 0 aliphatic rings. The molecule has 6 nitrogen and oxygen atoms in total. The highest BCUT2D eigenvalue weighted by Crippen LogP contribution is 2.19. The number of hydrogen-bond donors (Lipinski definition) is 3. The Morgan fingerprint density at radius 3 is 1.00 bits per heavy atom. The van der Waals surface area contributed by atoms with E-state index in [0.717, 1.165) is 51.4 Å². The summed E-state index contributed by atoms with van der Waals surface area (Å²) in [6.45, 7) is 4.96. The van der Waals surface area contributed by atoms with Crippen LogP contribution in [0.3, 0.4) is 0 Å². The van der Waals surface area contributed by atoms with Crippen LogP contribution in [0.25, 0.3) is 0 Å². The second kappa shape index (κ2) is 66.8. The number of carbonyl (C=O) groups is 2. The number of rotatable bonds is 66. The Bertz CT molecular complexity index is 1200. The SMILES string of the molecule is CCCCCC/C=C\C/C=C\CCCCCCCC(=O)OCCCCCCCCCCCCCCCCCCCCCCC(=O)NC(CO)C(O)CCCCCCCCCCCCCCCCCCCCCCCCCC. The average molecular weight is 1080 g/mol. The van der Waals surface area contributed by atoms with Crippen molar-refractivity contribution in [2.75, 3.05) is 13.2 Å². The monoisotopic (exact) mass is 1080 g/mol. The predicted octanol–water partition coefficient (Wildman–Crippen LogP) is 22.5. The van der Waals surface area contributed by atoms with Gasteiger partial charge >= 0.3 is 5.97 Å². The van der Waals surface area contributed by atoms with Gasteiger partial charge in [0.1, 0.15) is 0 Å². The molecule has 1 amide bonds. The maximum atomic E-state index is 12.6. The highest BCUT2D eigenvalue weighted by atomic mass is 16.5. The maximum absolute atomic E-state index is 12.6. The zero-order chi connectivity index (χ0) is 55.7. The number of nitrogens with one attached hydrogen (secondary N) is 1. The number of aliphatic hydroxyl groups is 2. The zero-order valence-electron chi connectivity index (χ0n) is 52.2. The maximum Gasteiger partial charge on any atom is 0.305 e. The molecule has 2 atom stereocenters. The van der Waals surface area contributed by atoms with Gasteiger partial charge in [-0.05, 0) is 57.8 Å². The number of aliphatic hydroxyl groups excluding tert-OH is 2. The molecule has 3 N–H and O–H groups in total. The molecule has 0 saturated carbocycles. The Balaban J connectivity index is 3.39. The van der Waals surface area contributed by atoms with Gasteiger partial charge < -0.3 is 20.3 Å². The highest BCUT2D eigenvalue weighted by molar-refractivity contribution is 5.76. The summed E-state index contributed by atoms with van der Waals surface area (Å²) in [6, 6.07) is -0.545. The molecule has 0 aromatic rings. The normalized spacial score (nSPS) is 12.6. The second-order valence-corrected chi connectivity index (χ2v) is 24.2. The average Bonchev–Trinajstić information content (AvgIpc) is 3.43. The lowest BCUT2D eigenvalue weighted by atomic mass is 10.0. The van der Waals surface area contributed by atoms with Crippen LogP contribution in [0.4, 0.5) is 0 Å². The summed E-state index contributed by atoms with van der Waals surface area (Å²) in [5.41, 5.74) is 0. The van der Waals surface area contributed by atoms with Crippen molar-refractivity contribution in [2.24, 2.45) is 0 Å². The predicted molar refractivity (Wildman–Crippen MR) is 338 cm³/mol. The molecular weight excluding hydrogens is 947 g/mol. The Kier molecular flexibility index (Phi) is 65.4. The number of hydrogen-bond acceptors (Lipinski definition) is 5. The van der Waals surface area contributed by atoms with E-state index in [4.69, 9.17) is 4.74 Å². The lowest BCUT2D eigenvalue weighted by molar-refractivity contribution is -0.143. The smallest absolute Gasteiger partial charge is 0.305 e. The van der Waals surface area contributed by atoms with Crippen LogP contribution in [0.1, 0.15) is 393 Å². The molecule has 6 heteroatoms. The number of unbranched alkanes of at least 4 members (excludes halogenated alkanes) is 51. The standard InChI is InChI=1S/C71H137NO5/c1-3-5-7-9-11-13-15-17-19-21-22-23-24-25-26-29-32-35-39-43-47-51-55-59-63-69(74)68(67-73)72-70(75)64-60-56-52-48-44-40-36-33-30-27-28-31-34-38-42-46-50-54-58-62-66-77-71(76)65-61-57-53-49-45-41-37-20-18-16-14-12-10-8-6-4-2/h14,16,20,37,68-69,73-74H,3-13,15,17-19,21-36,38-67H2,1-2H3,(H,72,75)/b16-14-,37-20-. The lowest BCUT2D eigenvalue weighted by Crippen LogP contribution is -2.45. The largest absolute Gasteiger partial charge is 0.466 e. The minimum atomic E-state index is -0.667. The summed E-state index contributed by atoms with van der Waals surface area (Å²) in [7, 11) is 0. The van der Waals surface area contributed by atoms with Gasteiger partial charge in [0.15, 0.2) is 0 Å². The molecule has 0 aromatic heterocycles. The quantitative estimate of drug-likeness (QED) is 0.0320. The molecule has 0 aromatic carbocycles. The summed E-state index contributed by atoms with van der Waals surface area (Å²) in [5.74, 6) is -0.0341. The molecule has 0 radical (unpaired) electrons. The molecule has 0 saturated heterocycles. The van der Waals surface area contributed by atoms with Crippen LogP contribution in [-0.4, -0.2) is 47.4 Å². The van der Waals surface area contributed by atoms with Crippen molar-refractivity contribution in [3.63, 3.8) is 0 Å². The van der Waals surface area contributed by atoms with Crippen LogP contribution in [0.15, 0.2) is 24.3 Å². The first kappa shape index (κ1) is 75.3. The van der Waals surface area contributed by atoms with Crippen molar-refractivity contribution in [1.82, 2.24) is 5.32 Å². The minimum absolute atomic E-state index is 0.00174. The van der Waals surface area contributed by atoms with Gasteiger partial charge in [-0.15, -0.1) is 0 Å². The van der Waals surface area contributed by atoms with Gasteiger partial charge in [-0.2, -0.15) is 0 Å². The van der Waals surface area contributed by atoms with E-state index in [1.54, 1.807) is 0 Å². The first-order valence-corrected chi connectivity index (χ1v) is 35.1. The zero-order valence-corrected chi connectivity index (χ0v) is 52.2. The Labute approximate surface area is 481 Å². The molecule has 0 rings (SSSR count).